The molecule has 37 heavy (non-hydrogen) atoms. The maximum absolute atomic E-state index is 13.2. The number of imidazole rings is 1. The van der Waals surface area contributed by atoms with E-state index < -0.39 is 12.0 Å². The minimum atomic E-state index is -1.02. The number of nitrogens with zero attached hydrogens (tertiary/aromatic N) is 2. The standard InChI is InChI=1S/C29H36N4O3S/c1-37-15-14-27(29(35)36)32-28(34)25-13-12-23(16-26(25)22-10-6-3-7-11-22)30-17-24-19-33(20-31-24)18-21-8-4-2-5-9-21/h3,6-7,10-13,16,19-21,27,30H,2,4-5,8-9,14-15,17-18H2,1H3,(H,32,34)(H,35,36)/t27-/m0/s1. The van der Waals surface area contributed by atoms with Crippen molar-refractivity contribution >= 4 is 29.3 Å². The van der Waals surface area contributed by atoms with Gasteiger partial charge in [-0.3, -0.25) is 4.79 Å². The van der Waals surface area contributed by atoms with Gasteiger partial charge in [-0.15, -0.1) is 0 Å². The summed E-state index contributed by atoms with van der Waals surface area (Å²) >= 11 is 1.56. The number of hydrogen-bond acceptors (Lipinski definition) is 5. The zero-order valence-corrected chi connectivity index (χ0v) is 22.2. The summed E-state index contributed by atoms with van der Waals surface area (Å²) in [6.07, 6.45) is 13.0. The van der Waals surface area contributed by atoms with Gasteiger partial charge in [0.25, 0.3) is 5.91 Å². The summed E-state index contributed by atoms with van der Waals surface area (Å²) in [5.74, 6) is -0.00947. The third-order valence-corrected chi connectivity index (χ3v) is 7.56. The number of hydrogen-bond donors (Lipinski definition) is 3. The fraction of sp³-hybridized carbons (Fsp3) is 0.414. The Kier molecular flexibility index (Phi) is 9.65. The third-order valence-electron chi connectivity index (χ3n) is 6.92. The molecule has 1 atom stereocenters. The van der Waals surface area contributed by atoms with E-state index in [0.29, 0.717) is 24.3 Å². The molecule has 3 aromatic rings. The van der Waals surface area contributed by atoms with Gasteiger partial charge in [-0.2, -0.15) is 11.8 Å². The molecule has 1 aromatic heterocycles. The Hall–Kier alpha value is -3.26. The summed E-state index contributed by atoms with van der Waals surface area (Å²) in [4.78, 5) is 29.4. The van der Waals surface area contributed by atoms with Gasteiger partial charge in [0.05, 0.1) is 18.6 Å². The number of aromatic nitrogens is 2. The van der Waals surface area contributed by atoms with Crippen molar-refractivity contribution in [2.45, 2.75) is 57.7 Å². The van der Waals surface area contributed by atoms with E-state index in [-0.39, 0.29) is 5.91 Å². The van der Waals surface area contributed by atoms with E-state index in [1.54, 1.807) is 17.8 Å². The molecule has 0 radical (unpaired) electrons. The Bertz CT molecular complexity index is 1170. The second-order valence-corrected chi connectivity index (χ2v) is 10.7. The number of anilines is 1. The van der Waals surface area contributed by atoms with Crippen LogP contribution in [-0.2, 0) is 17.9 Å². The smallest absolute Gasteiger partial charge is 0.326 e. The Morgan fingerprint density at radius 3 is 2.65 bits per heavy atom. The summed E-state index contributed by atoms with van der Waals surface area (Å²) < 4.78 is 2.20. The second kappa shape index (κ2) is 13.3. The number of carboxylic acids is 1. The van der Waals surface area contributed by atoms with Crippen molar-refractivity contribution in [3.63, 3.8) is 0 Å². The van der Waals surface area contributed by atoms with Crippen LogP contribution in [0.3, 0.4) is 0 Å². The lowest BCUT2D eigenvalue weighted by Gasteiger charge is -2.21. The van der Waals surface area contributed by atoms with Gasteiger partial charge >= 0.3 is 5.97 Å². The van der Waals surface area contributed by atoms with Crippen LogP contribution in [0, 0.1) is 5.92 Å². The Morgan fingerprint density at radius 2 is 1.92 bits per heavy atom. The number of rotatable bonds is 12. The lowest BCUT2D eigenvalue weighted by atomic mass is 9.89. The molecule has 0 unspecified atom stereocenters. The summed E-state index contributed by atoms with van der Waals surface area (Å²) in [5, 5.41) is 15.7. The number of aliphatic carboxylic acids is 1. The third kappa shape index (κ3) is 7.61. The maximum atomic E-state index is 13.2. The van der Waals surface area contributed by atoms with E-state index in [0.717, 1.165) is 35.0 Å². The lowest BCUT2D eigenvalue weighted by Crippen LogP contribution is -2.41. The molecule has 0 saturated heterocycles. The summed E-state index contributed by atoms with van der Waals surface area (Å²) in [6, 6.07) is 14.3. The van der Waals surface area contributed by atoms with Crippen molar-refractivity contribution in [1.29, 1.82) is 0 Å². The summed E-state index contributed by atoms with van der Waals surface area (Å²) in [5.41, 5.74) is 3.93. The van der Waals surface area contributed by atoms with Crippen LogP contribution >= 0.6 is 11.8 Å². The van der Waals surface area contributed by atoms with Crippen molar-refractivity contribution in [2.24, 2.45) is 5.92 Å². The first-order valence-electron chi connectivity index (χ1n) is 13.0. The first-order chi connectivity index (χ1) is 18.0. The molecule has 196 valence electrons. The largest absolute Gasteiger partial charge is 0.480 e. The van der Waals surface area contributed by atoms with Crippen molar-refractivity contribution in [3.05, 3.63) is 72.3 Å². The number of nitrogens with one attached hydrogen (secondary N) is 2. The summed E-state index contributed by atoms with van der Waals surface area (Å²) in [7, 11) is 0. The molecule has 0 bridgehead atoms. The molecule has 0 aliphatic heterocycles. The van der Waals surface area contributed by atoms with Crippen LogP contribution in [-0.4, -0.2) is 44.6 Å². The first-order valence-corrected chi connectivity index (χ1v) is 14.4. The first kappa shape index (κ1) is 26.8. The van der Waals surface area contributed by atoms with Gasteiger partial charge in [-0.1, -0.05) is 49.6 Å². The van der Waals surface area contributed by atoms with Gasteiger partial charge in [0.15, 0.2) is 0 Å². The maximum Gasteiger partial charge on any atom is 0.326 e. The van der Waals surface area contributed by atoms with Crippen molar-refractivity contribution in [2.75, 3.05) is 17.3 Å². The van der Waals surface area contributed by atoms with Gasteiger partial charge in [0, 0.05) is 24.0 Å². The lowest BCUT2D eigenvalue weighted by molar-refractivity contribution is -0.139. The topological polar surface area (TPSA) is 96.3 Å². The molecule has 0 spiro atoms. The van der Waals surface area contributed by atoms with Crippen LogP contribution in [0.1, 0.15) is 54.6 Å². The van der Waals surface area contributed by atoms with Crippen molar-refractivity contribution < 1.29 is 14.7 Å². The number of carbonyl (C=O) groups is 2. The molecular weight excluding hydrogens is 484 g/mol. The molecule has 1 aliphatic carbocycles. The van der Waals surface area contributed by atoms with E-state index in [2.05, 4.69) is 26.4 Å². The van der Waals surface area contributed by atoms with Crippen LogP contribution in [0.25, 0.3) is 11.1 Å². The molecule has 1 aliphatic rings. The van der Waals surface area contributed by atoms with Crippen molar-refractivity contribution in [1.82, 2.24) is 14.9 Å². The number of amides is 1. The molecule has 8 heteroatoms. The van der Waals surface area contributed by atoms with E-state index in [1.165, 1.54) is 32.1 Å². The fourth-order valence-electron chi connectivity index (χ4n) is 4.90. The highest BCUT2D eigenvalue weighted by molar-refractivity contribution is 7.98. The second-order valence-electron chi connectivity index (χ2n) is 9.69. The fourth-order valence-corrected chi connectivity index (χ4v) is 5.37. The molecular formula is C29H36N4O3S. The zero-order chi connectivity index (χ0) is 26.0. The summed E-state index contributed by atoms with van der Waals surface area (Å²) in [6.45, 7) is 1.61. The quantitative estimate of drug-likeness (QED) is 0.284. The highest BCUT2D eigenvalue weighted by atomic mass is 32.2. The van der Waals surface area contributed by atoms with Crippen LogP contribution < -0.4 is 10.6 Å². The Balaban J connectivity index is 1.47. The van der Waals surface area contributed by atoms with Gasteiger partial charge in [0.1, 0.15) is 6.04 Å². The highest BCUT2D eigenvalue weighted by Crippen LogP contribution is 2.28. The van der Waals surface area contributed by atoms with Gasteiger partial charge in [-0.25, -0.2) is 9.78 Å². The zero-order valence-electron chi connectivity index (χ0n) is 21.4. The molecule has 1 amide bonds. The average molecular weight is 521 g/mol. The Labute approximate surface area is 223 Å². The monoisotopic (exact) mass is 520 g/mol. The SMILES string of the molecule is CSCC[C@H](NC(=O)c1ccc(NCc2cn(CC3CCCCC3)cn2)cc1-c1ccccc1)C(=O)O. The predicted octanol–water partition coefficient (Wildman–Crippen LogP) is 5.68. The van der Waals surface area contributed by atoms with E-state index in [1.807, 2.05) is 55.0 Å². The van der Waals surface area contributed by atoms with Crippen LogP contribution in [0.2, 0.25) is 0 Å². The average Bonchev–Trinajstić information content (AvgIpc) is 3.37. The Morgan fingerprint density at radius 1 is 1.14 bits per heavy atom. The van der Waals surface area contributed by atoms with Crippen molar-refractivity contribution in [3.8, 4) is 11.1 Å². The molecule has 2 aromatic carbocycles. The number of benzene rings is 2. The van der Waals surface area contributed by atoms with Crippen LogP contribution in [0.15, 0.2) is 61.1 Å². The normalized spacial score (nSPS) is 14.7. The molecule has 1 fully saturated rings. The predicted molar refractivity (Wildman–Crippen MR) is 150 cm³/mol. The van der Waals surface area contributed by atoms with E-state index in [4.69, 9.17) is 0 Å². The highest BCUT2D eigenvalue weighted by Gasteiger charge is 2.22. The van der Waals surface area contributed by atoms with E-state index in [9.17, 15) is 14.7 Å². The van der Waals surface area contributed by atoms with Gasteiger partial charge < -0.3 is 20.3 Å². The molecule has 7 nitrogen and oxygen atoms in total. The molecule has 1 saturated carbocycles. The number of carbonyl (C=O) groups excluding carboxylic acids is 1. The molecule has 1 heterocycles. The number of thioether (sulfide) groups is 1. The molecule has 4 rings (SSSR count). The van der Waals surface area contributed by atoms with Gasteiger partial charge in [0.2, 0.25) is 0 Å². The van der Waals surface area contributed by atoms with Crippen LogP contribution in [0.5, 0.6) is 0 Å². The number of carboxylic acid groups (broad SMARTS) is 1. The van der Waals surface area contributed by atoms with Gasteiger partial charge in [-0.05, 0) is 66.5 Å². The minimum Gasteiger partial charge on any atom is -0.480 e. The minimum absolute atomic E-state index is 0.371. The molecule has 3 N–H and O–H groups in total. The van der Waals surface area contributed by atoms with Crippen LogP contribution in [0.4, 0.5) is 5.69 Å². The van der Waals surface area contributed by atoms with E-state index >= 15 is 0 Å².